The largest absolute Gasteiger partial charge is 0.312 e. The van der Waals surface area contributed by atoms with Crippen LogP contribution in [0.4, 0.5) is 0 Å². The zero-order chi connectivity index (χ0) is 14.4. The molecule has 1 aliphatic rings. The van der Waals surface area contributed by atoms with Crippen molar-refractivity contribution >= 4 is 11.3 Å². The molecular formula is C17H30N2S. The first kappa shape index (κ1) is 16.0. The summed E-state index contributed by atoms with van der Waals surface area (Å²) in [4.78, 5) is 6.46. The van der Waals surface area contributed by atoms with Gasteiger partial charge in [-0.25, -0.2) is 4.98 Å². The molecule has 3 heteroatoms. The van der Waals surface area contributed by atoms with Crippen molar-refractivity contribution in [3.8, 4) is 0 Å². The summed E-state index contributed by atoms with van der Waals surface area (Å²) in [6.45, 7) is 8.92. The van der Waals surface area contributed by atoms with Gasteiger partial charge in [-0.05, 0) is 38.1 Å². The van der Waals surface area contributed by atoms with Gasteiger partial charge in [-0.15, -0.1) is 11.3 Å². The Balaban J connectivity index is 2.04. The summed E-state index contributed by atoms with van der Waals surface area (Å²) in [5.74, 6) is 1.67. The second kappa shape index (κ2) is 8.14. The predicted molar refractivity (Wildman–Crippen MR) is 88.5 cm³/mol. The Morgan fingerprint density at radius 3 is 2.80 bits per heavy atom. The SMILES string of the molecule is CCCNCc1sc(C2CCCC(CC)C2)nc1CC. The molecule has 114 valence electrons. The molecule has 1 aromatic rings. The lowest BCUT2D eigenvalue weighted by Crippen LogP contribution is -2.13. The second-order valence-electron chi connectivity index (χ2n) is 6.09. The minimum absolute atomic E-state index is 0.740. The molecule has 1 saturated carbocycles. The topological polar surface area (TPSA) is 24.9 Å². The highest BCUT2D eigenvalue weighted by Gasteiger charge is 2.25. The van der Waals surface area contributed by atoms with Crippen LogP contribution in [0.1, 0.15) is 80.8 Å². The lowest BCUT2D eigenvalue weighted by atomic mass is 9.80. The van der Waals surface area contributed by atoms with E-state index in [1.165, 1.54) is 54.1 Å². The molecule has 0 aromatic carbocycles. The smallest absolute Gasteiger partial charge is 0.0962 e. The fourth-order valence-corrected chi connectivity index (χ4v) is 4.53. The molecule has 1 aliphatic carbocycles. The van der Waals surface area contributed by atoms with Crippen LogP contribution < -0.4 is 5.32 Å². The Morgan fingerprint density at radius 2 is 2.10 bits per heavy atom. The van der Waals surface area contributed by atoms with Gasteiger partial charge in [-0.1, -0.05) is 40.0 Å². The van der Waals surface area contributed by atoms with Crippen LogP contribution in [0.2, 0.25) is 0 Å². The van der Waals surface area contributed by atoms with Gasteiger partial charge in [0.25, 0.3) is 0 Å². The van der Waals surface area contributed by atoms with Gasteiger partial charge in [-0.2, -0.15) is 0 Å². The van der Waals surface area contributed by atoms with Gasteiger partial charge in [0.1, 0.15) is 0 Å². The third kappa shape index (κ3) is 4.05. The van der Waals surface area contributed by atoms with Crippen molar-refractivity contribution < 1.29 is 0 Å². The number of nitrogens with zero attached hydrogens (tertiary/aromatic N) is 1. The van der Waals surface area contributed by atoms with Gasteiger partial charge in [0.15, 0.2) is 0 Å². The fourth-order valence-electron chi connectivity index (χ4n) is 3.26. The normalized spacial score (nSPS) is 23.1. The Hall–Kier alpha value is -0.410. The molecule has 2 rings (SSSR count). The summed E-state index contributed by atoms with van der Waals surface area (Å²) in [6, 6.07) is 0. The van der Waals surface area contributed by atoms with E-state index in [1.807, 2.05) is 11.3 Å². The van der Waals surface area contributed by atoms with E-state index < -0.39 is 0 Å². The Morgan fingerprint density at radius 1 is 1.25 bits per heavy atom. The maximum Gasteiger partial charge on any atom is 0.0962 e. The van der Waals surface area contributed by atoms with Crippen LogP contribution in [0.3, 0.4) is 0 Å². The van der Waals surface area contributed by atoms with Gasteiger partial charge < -0.3 is 5.32 Å². The Bertz CT molecular complexity index is 400. The minimum Gasteiger partial charge on any atom is -0.312 e. The molecule has 2 atom stereocenters. The standard InChI is InChI=1S/C17H30N2S/c1-4-10-18-12-16-15(6-3)19-17(20-16)14-9-7-8-13(5-2)11-14/h13-14,18H,4-12H2,1-3H3. The Labute approximate surface area is 128 Å². The number of aromatic nitrogens is 1. The van der Waals surface area contributed by atoms with Crippen molar-refractivity contribution in [3.63, 3.8) is 0 Å². The molecule has 1 aromatic heterocycles. The molecule has 0 radical (unpaired) electrons. The average molecular weight is 295 g/mol. The van der Waals surface area contributed by atoms with Gasteiger partial charge >= 0.3 is 0 Å². The monoisotopic (exact) mass is 294 g/mol. The summed E-state index contributed by atoms with van der Waals surface area (Å²) >= 11 is 1.98. The summed E-state index contributed by atoms with van der Waals surface area (Å²) in [6.07, 6.45) is 9.17. The first-order valence-electron chi connectivity index (χ1n) is 8.47. The lowest BCUT2D eigenvalue weighted by Gasteiger charge is -2.26. The van der Waals surface area contributed by atoms with Crippen molar-refractivity contribution in [1.29, 1.82) is 0 Å². The number of thiazole rings is 1. The lowest BCUT2D eigenvalue weighted by molar-refractivity contribution is 0.314. The van der Waals surface area contributed by atoms with Gasteiger partial charge in [-0.3, -0.25) is 0 Å². The van der Waals surface area contributed by atoms with Gasteiger partial charge in [0, 0.05) is 17.3 Å². The third-order valence-electron chi connectivity index (χ3n) is 4.55. The molecular weight excluding hydrogens is 264 g/mol. The highest BCUT2D eigenvalue weighted by molar-refractivity contribution is 7.11. The summed E-state index contributed by atoms with van der Waals surface area (Å²) in [5.41, 5.74) is 1.34. The van der Waals surface area contributed by atoms with Crippen molar-refractivity contribution in [3.05, 3.63) is 15.6 Å². The quantitative estimate of drug-likeness (QED) is 0.724. The molecule has 2 nitrogen and oxygen atoms in total. The van der Waals surface area contributed by atoms with E-state index in [1.54, 1.807) is 0 Å². The third-order valence-corrected chi connectivity index (χ3v) is 5.81. The minimum atomic E-state index is 0.740. The predicted octanol–water partition coefficient (Wildman–Crippen LogP) is 4.89. The molecule has 20 heavy (non-hydrogen) atoms. The maximum absolute atomic E-state index is 4.98. The first-order chi connectivity index (χ1) is 9.78. The molecule has 0 spiro atoms. The van der Waals surface area contributed by atoms with Crippen molar-refractivity contribution in [2.45, 2.75) is 78.2 Å². The molecule has 0 saturated heterocycles. The summed E-state index contributed by atoms with van der Waals surface area (Å²) in [7, 11) is 0. The van der Waals surface area contributed by atoms with Gasteiger partial charge in [0.05, 0.1) is 10.7 Å². The van der Waals surface area contributed by atoms with E-state index in [0.29, 0.717) is 0 Å². The maximum atomic E-state index is 4.98. The van der Waals surface area contributed by atoms with Crippen molar-refractivity contribution in [2.24, 2.45) is 5.92 Å². The molecule has 1 N–H and O–H groups in total. The highest BCUT2D eigenvalue weighted by Crippen LogP contribution is 2.39. The van der Waals surface area contributed by atoms with E-state index in [2.05, 4.69) is 26.1 Å². The summed E-state index contributed by atoms with van der Waals surface area (Å²) < 4.78 is 0. The number of hydrogen-bond acceptors (Lipinski definition) is 3. The van der Waals surface area contributed by atoms with E-state index in [4.69, 9.17) is 4.98 Å². The van der Waals surface area contributed by atoms with E-state index in [9.17, 15) is 0 Å². The second-order valence-corrected chi connectivity index (χ2v) is 7.21. The molecule has 0 aliphatic heterocycles. The van der Waals surface area contributed by atoms with Crippen LogP contribution in [-0.2, 0) is 13.0 Å². The average Bonchev–Trinajstić information content (AvgIpc) is 2.91. The first-order valence-corrected chi connectivity index (χ1v) is 9.29. The summed E-state index contributed by atoms with van der Waals surface area (Å²) in [5, 5.41) is 4.96. The van der Waals surface area contributed by atoms with Crippen LogP contribution in [0.25, 0.3) is 0 Å². The van der Waals surface area contributed by atoms with Gasteiger partial charge in [0.2, 0.25) is 0 Å². The zero-order valence-corrected chi connectivity index (χ0v) is 14.2. The molecule has 0 amide bonds. The molecule has 1 fully saturated rings. The van der Waals surface area contributed by atoms with Crippen molar-refractivity contribution in [2.75, 3.05) is 6.54 Å². The molecule has 1 heterocycles. The zero-order valence-electron chi connectivity index (χ0n) is 13.4. The Kier molecular flexibility index (Phi) is 6.50. The number of rotatable bonds is 7. The molecule has 0 bridgehead atoms. The molecule has 2 unspecified atom stereocenters. The van der Waals surface area contributed by atoms with Crippen LogP contribution in [0.5, 0.6) is 0 Å². The van der Waals surface area contributed by atoms with E-state index in [-0.39, 0.29) is 0 Å². The van der Waals surface area contributed by atoms with Crippen molar-refractivity contribution in [1.82, 2.24) is 10.3 Å². The van der Waals surface area contributed by atoms with Crippen LogP contribution >= 0.6 is 11.3 Å². The fraction of sp³-hybridized carbons (Fsp3) is 0.824. The van der Waals surface area contributed by atoms with Crippen LogP contribution in [0.15, 0.2) is 0 Å². The van der Waals surface area contributed by atoms with Crippen LogP contribution in [0, 0.1) is 5.92 Å². The van der Waals surface area contributed by atoms with Crippen LogP contribution in [-0.4, -0.2) is 11.5 Å². The number of aryl methyl sites for hydroxylation is 1. The van der Waals surface area contributed by atoms with E-state index in [0.717, 1.165) is 31.3 Å². The highest BCUT2D eigenvalue weighted by atomic mass is 32.1. The number of hydrogen-bond donors (Lipinski definition) is 1. The van der Waals surface area contributed by atoms with E-state index >= 15 is 0 Å². The number of nitrogens with one attached hydrogen (secondary N) is 1.